The van der Waals surface area contributed by atoms with Gasteiger partial charge in [0.05, 0.1) is 17.3 Å². The maximum atomic E-state index is 14.0. The second-order valence-electron chi connectivity index (χ2n) is 7.96. The molecule has 0 saturated carbocycles. The van der Waals surface area contributed by atoms with Crippen LogP contribution in [0.15, 0.2) is 42.6 Å². The maximum absolute atomic E-state index is 14.0. The number of hydrogen-bond acceptors (Lipinski definition) is 6. The molecule has 5 rings (SSSR count). The molecule has 3 atom stereocenters. The number of alkyl halides is 2. The molecule has 3 aromatic rings. The highest BCUT2D eigenvalue weighted by molar-refractivity contribution is 5.87. The minimum atomic E-state index is -2.64. The van der Waals surface area contributed by atoms with Gasteiger partial charge < -0.3 is 15.3 Å². The smallest absolute Gasteiger partial charge is 0.264 e. The predicted octanol–water partition coefficient (Wildman–Crippen LogP) is 3.36. The Morgan fingerprint density at radius 2 is 2.03 bits per heavy atom. The van der Waals surface area contributed by atoms with E-state index in [2.05, 4.69) is 20.5 Å². The topological polar surface area (TPSA) is 74.2 Å². The van der Waals surface area contributed by atoms with E-state index in [9.17, 15) is 13.9 Å². The van der Waals surface area contributed by atoms with Crippen LogP contribution < -0.4 is 10.2 Å². The van der Waals surface area contributed by atoms with Crippen LogP contribution in [0.1, 0.15) is 19.3 Å². The summed E-state index contributed by atoms with van der Waals surface area (Å²) in [7, 11) is 1.87. The molecule has 2 aromatic heterocycles. The average molecular weight is 397 g/mol. The molecular formula is C21H21F2N5O. The van der Waals surface area contributed by atoms with Crippen LogP contribution in [0.2, 0.25) is 0 Å². The summed E-state index contributed by atoms with van der Waals surface area (Å²) in [5.74, 6) is -1.91. The molecule has 2 bridgehead atoms. The van der Waals surface area contributed by atoms with Crippen molar-refractivity contribution in [2.45, 2.75) is 43.3 Å². The van der Waals surface area contributed by atoms with Gasteiger partial charge in [0.1, 0.15) is 5.75 Å². The fourth-order valence-corrected chi connectivity index (χ4v) is 4.50. The van der Waals surface area contributed by atoms with Crippen molar-refractivity contribution in [3.8, 4) is 17.0 Å². The van der Waals surface area contributed by atoms with Gasteiger partial charge in [-0.1, -0.05) is 6.07 Å². The van der Waals surface area contributed by atoms with E-state index in [1.807, 2.05) is 30.1 Å². The molecule has 8 heteroatoms. The average Bonchev–Trinajstić information content (AvgIpc) is 2.93. The molecule has 2 aliphatic rings. The first kappa shape index (κ1) is 18.2. The summed E-state index contributed by atoms with van der Waals surface area (Å²) in [6, 6.07) is 9.78. The lowest BCUT2D eigenvalue weighted by Gasteiger charge is -2.36. The Morgan fingerprint density at radius 1 is 1.17 bits per heavy atom. The number of rotatable bonds is 3. The standard InChI is InChI=1S/C21H21F2N5O/c1-28(14-8-13-11-21(22,23)19(9-14)25-13)20-5-4-16(26-27-20)15-10-17-12(7-18(15)29)3-2-6-24-17/h2-7,10,13-14,19,25,29H,8-9,11H2,1H3/t13?,14-,19?/m0/s1. The van der Waals surface area contributed by atoms with E-state index in [1.165, 1.54) is 0 Å². The van der Waals surface area contributed by atoms with Crippen LogP contribution in [-0.2, 0) is 0 Å². The lowest BCUT2D eigenvalue weighted by atomic mass is 9.98. The number of nitrogens with zero attached hydrogens (tertiary/aromatic N) is 4. The number of phenolic OH excluding ortho intramolecular Hbond substituents is 1. The van der Waals surface area contributed by atoms with Crippen LogP contribution in [0.3, 0.4) is 0 Å². The van der Waals surface area contributed by atoms with E-state index in [1.54, 1.807) is 24.4 Å². The van der Waals surface area contributed by atoms with Crippen molar-refractivity contribution in [3.63, 3.8) is 0 Å². The Balaban J connectivity index is 1.39. The highest BCUT2D eigenvalue weighted by Crippen LogP contribution is 2.40. The minimum Gasteiger partial charge on any atom is -0.507 e. The molecule has 2 unspecified atom stereocenters. The van der Waals surface area contributed by atoms with Crippen molar-refractivity contribution in [2.75, 3.05) is 11.9 Å². The summed E-state index contributed by atoms with van der Waals surface area (Å²) in [6.45, 7) is 0. The number of phenols is 1. The summed E-state index contributed by atoms with van der Waals surface area (Å²) in [5, 5.41) is 22.8. The lowest BCUT2D eigenvalue weighted by molar-refractivity contribution is -0.0128. The SMILES string of the molecule is CN(c1ccc(-c2cc3ncccc3cc2O)nn1)[C@H]1CC2CC(F)(F)C(C1)N2. The third-order valence-electron chi connectivity index (χ3n) is 6.09. The number of aromatic hydroxyl groups is 1. The predicted molar refractivity (Wildman–Crippen MR) is 106 cm³/mol. The van der Waals surface area contributed by atoms with Crippen LogP contribution in [0.5, 0.6) is 5.75 Å². The van der Waals surface area contributed by atoms with Crippen molar-refractivity contribution in [3.05, 3.63) is 42.6 Å². The zero-order chi connectivity index (χ0) is 20.2. The van der Waals surface area contributed by atoms with Gasteiger partial charge in [-0.05, 0) is 43.2 Å². The van der Waals surface area contributed by atoms with Crippen molar-refractivity contribution >= 4 is 16.7 Å². The summed E-state index contributed by atoms with van der Waals surface area (Å²) >= 11 is 0. The molecule has 29 heavy (non-hydrogen) atoms. The Morgan fingerprint density at radius 3 is 2.79 bits per heavy atom. The summed E-state index contributed by atoms with van der Waals surface area (Å²) in [6.07, 6.45) is 2.63. The molecule has 0 amide bonds. The van der Waals surface area contributed by atoms with Crippen LogP contribution >= 0.6 is 0 Å². The number of pyridine rings is 1. The third kappa shape index (κ3) is 3.17. The Hall–Kier alpha value is -2.87. The van der Waals surface area contributed by atoms with Gasteiger partial charge >= 0.3 is 0 Å². The van der Waals surface area contributed by atoms with Gasteiger partial charge in [0, 0.05) is 42.7 Å². The number of aromatic nitrogens is 3. The van der Waals surface area contributed by atoms with E-state index < -0.39 is 12.0 Å². The lowest BCUT2D eigenvalue weighted by Crippen LogP contribution is -2.49. The van der Waals surface area contributed by atoms with Gasteiger partial charge in [-0.3, -0.25) is 4.98 Å². The van der Waals surface area contributed by atoms with Gasteiger partial charge in [0.2, 0.25) is 0 Å². The molecule has 150 valence electrons. The van der Waals surface area contributed by atoms with Crippen LogP contribution in [0, 0.1) is 0 Å². The molecule has 0 radical (unpaired) electrons. The highest BCUT2D eigenvalue weighted by Gasteiger charge is 2.53. The fraction of sp³-hybridized carbons (Fsp3) is 0.381. The number of anilines is 1. The molecule has 2 aliphatic heterocycles. The third-order valence-corrected chi connectivity index (χ3v) is 6.09. The molecular weight excluding hydrogens is 376 g/mol. The van der Waals surface area contributed by atoms with Gasteiger partial charge in [-0.15, -0.1) is 10.2 Å². The molecule has 0 spiro atoms. The first-order valence-electron chi connectivity index (χ1n) is 9.69. The molecule has 2 saturated heterocycles. The molecule has 2 fully saturated rings. The second-order valence-corrected chi connectivity index (χ2v) is 7.96. The summed E-state index contributed by atoms with van der Waals surface area (Å²) in [4.78, 5) is 6.24. The summed E-state index contributed by atoms with van der Waals surface area (Å²) in [5.41, 5.74) is 1.84. The quantitative estimate of drug-likeness (QED) is 0.706. The van der Waals surface area contributed by atoms with Gasteiger partial charge in [-0.25, -0.2) is 8.78 Å². The van der Waals surface area contributed by atoms with Crippen LogP contribution in [-0.4, -0.2) is 51.4 Å². The number of benzene rings is 1. The van der Waals surface area contributed by atoms with Crippen molar-refractivity contribution in [2.24, 2.45) is 0 Å². The van der Waals surface area contributed by atoms with E-state index in [4.69, 9.17) is 0 Å². The van der Waals surface area contributed by atoms with Crippen LogP contribution in [0.25, 0.3) is 22.2 Å². The molecule has 2 N–H and O–H groups in total. The first-order valence-corrected chi connectivity index (χ1v) is 9.69. The van der Waals surface area contributed by atoms with E-state index in [-0.39, 0.29) is 24.3 Å². The van der Waals surface area contributed by atoms with E-state index in [0.29, 0.717) is 29.9 Å². The van der Waals surface area contributed by atoms with Gasteiger partial charge in [-0.2, -0.15) is 0 Å². The Bertz CT molecular complexity index is 1060. The van der Waals surface area contributed by atoms with Gasteiger partial charge in [0.25, 0.3) is 5.92 Å². The van der Waals surface area contributed by atoms with Gasteiger partial charge in [0.15, 0.2) is 5.82 Å². The Labute approximate surface area is 166 Å². The van der Waals surface area contributed by atoms with E-state index in [0.717, 1.165) is 10.9 Å². The molecule has 1 aromatic carbocycles. The fourth-order valence-electron chi connectivity index (χ4n) is 4.50. The van der Waals surface area contributed by atoms with Crippen molar-refractivity contribution in [1.29, 1.82) is 0 Å². The maximum Gasteiger partial charge on any atom is 0.264 e. The number of nitrogens with one attached hydrogen (secondary N) is 1. The van der Waals surface area contributed by atoms with Crippen LogP contribution in [0.4, 0.5) is 14.6 Å². The zero-order valence-corrected chi connectivity index (χ0v) is 15.9. The zero-order valence-electron chi connectivity index (χ0n) is 15.9. The number of halogens is 2. The van der Waals surface area contributed by atoms with E-state index >= 15 is 0 Å². The number of hydrogen-bond donors (Lipinski definition) is 2. The highest BCUT2D eigenvalue weighted by atomic mass is 19.3. The largest absolute Gasteiger partial charge is 0.507 e. The first-order chi connectivity index (χ1) is 13.9. The molecule has 4 heterocycles. The van der Waals surface area contributed by atoms with Crippen molar-refractivity contribution in [1.82, 2.24) is 20.5 Å². The normalized spacial score (nSPS) is 25.3. The molecule has 0 aliphatic carbocycles. The molecule has 6 nitrogen and oxygen atoms in total. The Kier molecular flexibility index (Phi) is 4.13. The second kappa shape index (κ2) is 6.59. The summed E-state index contributed by atoms with van der Waals surface area (Å²) < 4.78 is 28.0. The minimum absolute atomic E-state index is 0.0157. The monoisotopic (exact) mass is 397 g/mol. The van der Waals surface area contributed by atoms with Crippen molar-refractivity contribution < 1.29 is 13.9 Å². The number of fused-ring (bicyclic) bond motifs is 3. The number of piperidine rings is 1.